The van der Waals surface area contributed by atoms with Gasteiger partial charge in [0.05, 0.1) is 5.69 Å². The Kier molecular flexibility index (Phi) is 3.08. The molecule has 4 nitrogen and oxygen atoms in total. The van der Waals surface area contributed by atoms with Crippen LogP contribution in [-0.2, 0) is 7.05 Å². The zero-order valence-electron chi connectivity index (χ0n) is 9.97. The Morgan fingerprint density at radius 3 is 2.69 bits per heavy atom. The lowest BCUT2D eigenvalue weighted by Gasteiger charge is -1.85. The average molecular weight is 219 g/mol. The minimum atomic E-state index is 0.635. The third kappa shape index (κ3) is 2.15. The second-order valence-electron chi connectivity index (χ2n) is 3.76. The zero-order chi connectivity index (χ0) is 11.5. The predicted octanol–water partition coefficient (Wildman–Crippen LogP) is 2.98. The first-order chi connectivity index (χ1) is 7.83. The molecule has 0 N–H and O–H groups in total. The van der Waals surface area contributed by atoms with Crippen LogP contribution in [0.15, 0.2) is 22.9 Å². The second kappa shape index (κ2) is 4.51. The molecule has 3 rings (SSSR count). The van der Waals surface area contributed by atoms with Crippen LogP contribution < -0.4 is 0 Å². The highest BCUT2D eigenvalue weighted by molar-refractivity contribution is 5.51. The van der Waals surface area contributed by atoms with Crippen molar-refractivity contribution in [1.29, 1.82) is 0 Å². The molecule has 1 aliphatic carbocycles. The van der Waals surface area contributed by atoms with Crippen molar-refractivity contribution in [2.24, 2.45) is 7.05 Å². The summed E-state index contributed by atoms with van der Waals surface area (Å²) in [5, 5.41) is 8.30. The number of rotatable bonds is 2. The zero-order valence-corrected chi connectivity index (χ0v) is 9.97. The molecule has 1 aliphatic rings. The SMILES string of the molecule is CC.Cn1ccc(-c2cc(C3CC3)no2)n1. The molecule has 16 heavy (non-hydrogen) atoms. The number of hydrogen-bond donors (Lipinski definition) is 0. The summed E-state index contributed by atoms with van der Waals surface area (Å²) in [7, 11) is 1.89. The van der Waals surface area contributed by atoms with Gasteiger partial charge in [-0.15, -0.1) is 0 Å². The summed E-state index contributed by atoms with van der Waals surface area (Å²) in [4.78, 5) is 0. The summed E-state index contributed by atoms with van der Waals surface area (Å²) in [6.07, 6.45) is 4.39. The molecular formula is C12H17N3O. The number of hydrogen-bond acceptors (Lipinski definition) is 3. The van der Waals surface area contributed by atoms with E-state index in [1.807, 2.05) is 39.2 Å². The van der Waals surface area contributed by atoms with E-state index in [4.69, 9.17) is 4.52 Å². The molecule has 0 aromatic carbocycles. The van der Waals surface area contributed by atoms with Crippen molar-refractivity contribution < 1.29 is 4.52 Å². The molecule has 0 amide bonds. The Morgan fingerprint density at radius 1 is 1.38 bits per heavy atom. The minimum Gasteiger partial charge on any atom is -0.354 e. The molecule has 0 bridgehead atoms. The highest BCUT2D eigenvalue weighted by Gasteiger charge is 2.27. The van der Waals surface area contributed by atoms with Crippen molar-refractivity contribution in [2.45, 2.75) is 32.6 Å². The third-order valence-corrected chi connectivity index (χ3v) is 2.49. The Hall–Kier alpha value is -1.58. The van der Waals surface area contributed by atoms with E-state index in [9.17, 15) is 0 Å². The van der Waals surface area contributed by atoms with Gasteiger partial charge in [0.2, 0.25) is 0 Å². The largest absolute Gasteiger partial charge is 0.354 e. The van der Waals surface area contributed by atoms with E-state index in [1.165, 1.54) is 12.8 Å². The lowest BCUT2D eigenvalue weighted by atomic mass is 10.2. The lowest BCUT2D eigenvalue weighted by Crippen LogP contribution is -1.86. The summed E-state index contributed by atoms with van der Waals surface area (Å²) in [5.74, 6) is 1.41. The number of aromatic nitrogens is 3. The van der Waals surface area contributed by atoms with E-state index in [2.05, 4.69) is 10.3 Å². The number of nitrogens with zero attached hydrogens (tertiary/aromatic N) is 3. The van der Waals surface area contributed by atoms with Crippen LogP contribution in [-0.4, -0.2) is 14.9 Å². The van der Waals surface area contributed by atoms with Crippen LogP contribution in [0.2, 0.25) is 0 Å². The van der Waals surface area contributed by atoms with E-state index in [-0.39, 0.29) is 0 Å². The highest BCUT2D eigenvalue weighted by Crippen LogP contribution is 2.40. The summed E-state index contributed by atoms with van der Waals surface area (Å²) in [6, 6.07) is 3.93. The maximum absolute atomic E-state index is 5.24. The normalized spacial score (nSPS) is 14.4. The van der Waals surface area contributed by atoms with Gasteiger partial charge in [0, 0.05) is 25.2 Å². The molecule has 0 aliphatic heterocycles. The van der Waals surface area contributed by atoms with Gasteiger partial charge in [-0.2, -0.15) is 5.10 Å². The van der Waals surface area contributed by atoms with Crippen molar-refractivity contribution in [1.82, 2.24) is 14.9 Å². The molecule has 0 atom stereocenters. The van der Waals surface area contributed by atoms with Gasteiger partial charge in [0.25, 0.3) is 0 Å². The number of aryl methyl sites for hydroxylation is 1. The van der Waals surface area contributed by atoms with Crippen molar-refractivity contribution >= 4 is 0 Å². The van der Waals surface area contributed by atoms with Crippen molar-refractivity contribution in [3.05, 3.63) is 24.0 Å². The van der Waals surface area contributed by atoms with Crippen LogP contribution in [0.25, 0.3) is 11.5 Å². The topological polar surface area (TPSA) is 43.9 Å². The fourth-order valence-electron chi connectivity index (χ4n) is 1.53. The highest BCUT2D eigenvalue weighted by atomic mass is 16.5. The molecule has 2 aromatic heterocycles. The summed E-state index contributed by atoms with van der Waals surface area (Å²) in [5.41, 5.74) is 1.93. The Bertz CT molecular complexity index is 454. The quantitative estimate of drug-likeness (QED) is 0.779. The predicted molar refractivity (Wildman–Crippen MR) is 62.0 cm³/mol. The Labute approximate surface area is 95.3 Å². The lowest BCUT2D eigenvalue weighted by molar-refractivity contribution is 0.422. The van der Waals surface area contributed by atoms with Gasteiger partial charge in [0.15, 0.2) is 5.76 Å². The smallest absolute Gasteiger partial charge is 0.187 e. The van der Waals surface area contributed by atoms with Gasteiger partial charge in [-0.05, 0) is 18.9 Å². The molecule has 0 unspecified atom stereocenters. The molecule has 86 valence electrons. The molecule has 2 aromatic rings. The van der Waals surface area contributed by atoms with Gasteiger partial charge in [-0.1, -0.05) is 19.0 Å². The maximum Gasteiger partial charge on any atom is 0.187 e. The average Bonchev–Trinajstić information content (AvgIpc) is 2.89. The summed E-state index contributed by atoms with van der Waals surface area (Å²) < 4.78 is 7.00. The van der Waals surface area contributed by atoms with Gasteiger partial charge in [-0.3, -0.25) is 4.68 Å². The van der Waals surface area contributed by atoms with Crippen LogP contribution in [0.3, 0.4) is 0 Å². The Balaban J connectivity index is 0.000000457. The molecule has 2 heterocycles. The molecular weight excluding hydrogens is 202 g/mol. The van der Waals surface area contributed by atoms with Crippen molar-refractivity contribution in [3.63, 3.8) is 0 Å². The second-order valence-corrected chi connectivity index (χ2v) is 3.76. The monoisotopic (exact) mass is 219 g/mol. The first kappa shape index (κ1) is 10.9. The molecule has 0 spiro atoms. The molecule has 4 heteroatoms. The third-order valence-electron chi connectivity index (χ3n) is 2.49. The van der Waals surface area contributed by atoms with Gasteiger partial charge < -0.3 is 4.52 Å². The fraction of sp³-hybridized carbons (Fsp3) is 0.500. The first-order valence-electron chi connectivity index (χ1n) is 5.79. The summed E-state index contributed by atoms with van der Waals surface area (Å²) >= 11 is 0. The van der Waals surface area contributed by atoms with Crippen LogP contribution in [0.4, 0.5) is 0 Å². The van der Waals surface area contributed by atoms with Crippen LogP contribution in [0, 0.1) is 0 Å². The molecule has 0 saturated heterocycles. The standard InChI is InChI=1S/C10H11N3O.C2H6/c1-13-5-4-8(11-13)10-6-9(12-14-10)7-2-3-7;1-2/h4-7H,2-3H2,1H3;1-2H3. The molecule has 1 saturated carbocycles. The van der Waals surface area contributed by atoms with Crippen LogP contribution >= 0.6 is 0 Å². The maximum atomic E-state index is 5.24. The minimum absolute atomic E-state index is 0.635. The summed E-state index contributed by atoms with van der Waals surface area (Å²) in [6.45, 7) is 4.00. The van der Waals surface area contributed by atoms with Gasteiger partial charge in [0.1, 0.15) is 5.69 Å². The van der Waals surface area contributed by atoms with E-state index in [0.29, 0.717) is 5.92 Å². The van der Waals surface area contributed by atoms with E-state index in [0.717, 1.165) is 17.1 Å². The Morgan fingerprint density at radius 2 is 2.12 bits per heavy atom. The van der Waals surface area contributed by atoms with E-state index < -0.39 is 0 Å². The fourth-order valence-corrected chi connectivity index (χ4v) is 1.53. The van der Waals surface area contributed by atoms with Crippen molar-refractivity contribution in [2.75, 3.05) is 0 Å². The van der Waals surface area contributed by atoms with Gasteiger partial charge in [-0.25, -0.2) is 0 Å². The van der Waals surface area contributed by atoms with Crippen molar-refractivity contribution in [3.8, 4) is 11.5 Å². The van der Waals surface area contributed by atoms with E-state index in [1.54, 1.807) is 4.68 Å². The van der Waals surface area contributed by atoms with Gasteiger partial charge >= 0.3 is 0 Å². The van der Waals surface area contributed by atoms with E-state index >= 15 is 0 Å². The molecule has 1 fully saturated rings. The first-order valence-corrected chi connectivity index (χ1v) is 5.79. The van der Waals surface area contributed by atoms with Crippen LogP contribution in [0.1, 0.15) is 38.3 Å². The van der Waals surface area contributed by atoms with Crippen LogP contribution in [0.5, 0.6) is 0 Å². The molecule has 0 radical (unpaired) electrons.